The second-order valence-electron chi connectivity index (χ2n) is 8.14. The van der Waals surface area contributed by atoms with Crippen molar-refractivity contribution in [1.29, 1.82) is 0 Å². The fraction of sp³-hybridized carbons (Fsp3) is 0.160. The first-order chi connectivity index (χ1) is 15.3. The van der Waals surface area contributed by atoms with Gasteiger partial charge in [0.05, 0.1) is 17.1 Å². The van der Waals surface area contributed by atoms with Crippen LogP contribution in [-0.2, 0) is 21.1 Å². The number of benzene rings is 1. The Kier molecular flexibility index (Phi) is 4.48. The SMILES string of the molecule is Cc1cc(-c2cc3c(-c4cc(=O)n(C)cc4-c4ccccc4)cn(C)c(=O)c3[nH]2)n(C)n1. The molecule has 0 spiro atoms. The maximum absolute atomic E-state index is 13.0. The zero-order valence-electron chi connectivity index (χ0n) is 18.4. The number of nitrogens with zero attached hydrogens (tertiary/aromatic N) is 4. The normalized spacial score (nSPS) is 11.4. The minimum Gasteiger partial charge on any atom is -0.349 e. The van der Waals surface area contributed by atoms with E-state index in [0.29, 0.717) is 5.52 Å². The van der Waals surface area contributed by atoms with E-state index < -0.39 is 0 Å². The van der Waals surface area contributed by atoms with Gasteiger partial charge in [-0.2, -0.15) is 5.10 Å². The number of H-pyrrole nitrogens is 1. The van der Waals surface area contributed by atoms with E-state index in [1.54, 1.807) is 40.2 Å². The van der Waals surface area contributed by atoms with E-state index in [2.05, 4.69) is 10.1 Å². The average molecular weight is 425 g/mol. The topological polar surface area (TPSA) is 77.6 Å². The third-order valence-corrected chi connectivity index (χ3v) is 5.85. The summed E-state index contributed by atoms with van der Waals surface area (Å²) in [6.07, 6.45) is 3.65. The summed E-state index contributed by atoms with van der Waals surface area (Å²) in [4.78, 5) is 28.9. The number of aromatic amines is 1. The molecule has 0 radical (unpaired) electrons. The molecular weight excluding hydrogens is 402 g/mol. The third kappa shape index (κ3) is 3.10. The van der Waals surface area contributed by atoms with Gasteiger partial charge in [0.25, 0.3) is 11.1 Å². The Hall–Kier alpha value is -4.13. The first kappa shape index (κ1) is 19.8. The Morgan fingerprint density at radius 3 is 2.25 bits per heavy atom. The molecule has 0 bridgehead atoms. The maximum atomic E-state index is 13.0. The zero-order valence-corrected chi connectivity index (χ0v) is 18.4. The van der Waals surface area contributed by atoms with E-state index in [4.69, 9.17) is 0 Å². The molecule has 32 heavy (non-hydrogen) atoms. The van der Waals surface area contributed by atoms with Gasteiger partial charge in [0.1, 0.15) is 5.52 Å². The van der Waals surface area contributed by atoms with Gasteiger partial charge < -0.3 is 14.1 Å². The molecule has 0 saturated carbocycles. The zero-order chi connectivity index (χ0) is 22.6. The van der Waals surface area contributed by atoms with E-state index in [-0.39, 0.29) is 11.1 Å². The van der Waals surface area contributed by atoms with Crippen LogP contribution >= 0.6 is 0 Å². The maximum Gasteiger partial charge on any atom is 0.274 e. The van der Waals surface area contributed by atoms with Gasteiger partial charge in [-0.3, -0.25) is 14.3 Å². The number of rotatable bonds is 3. The van der Waals surface area contributed by atoms with E-state index in [1.165, 1.54) is 0 Å². The minimum absolute atomic E-state index is 0.111. The summed E-state index contributed by atoms with van der Waals surface area (Å²) in [6, 6.07) is 15.5. The molecule has 5 aromatic rings. The lowest BCUT2D eigenvalue weighted by atomic mass is 9.95. The molecule has 5 rings (SSSR count). The monoisotopic (exact) mass is 425 g/mol. The lowest BCUT2D eigenvalue weighted by Crippen LogP contribution is -2.18. The average Bonchev–Trinajstić information content (AvgIpc) is 3.36. The molecule has 0 saturated heterocycles. The van der Waals surface area contributed by atoms with Gasteiger partial charge in [0.15, 0.2) is 0 Å². The number of hydrogen-bond acceptors (Lipinski definition) is 3. The Balaban J connectivity index is 1.85. The van der Waals surface area contributed by atoms with Crippen molar-refractivity contribution in [3.8, 4) is 33.6 Å². The molecule has 1 N–H and O–H groups in total. The first-order valence-corrected chi connectivity index (χ1v) is 10.3. The second kappa shape index (κ2) is 7.23. The quantitative estimate of drug-likeness (QED) is 0.480. The van der Waals surface area contributed by atoms with Crippen molar-refractivity contribution in [3.05, 3.63) is 87.3 Å². The van der Waals surface area contributed by atoms with Crippen LogP contribution in [0.4, 0.5) is 0 Å². The minimum atomic E-state index is -0.126. The molecule has 160 valence electrons. The Labute approximate surface area is 184 Å². The van der Waals surface area contributed by atoms with Gasteiger partial charge in [0, 0.05) is 56.1 Å². The summed E-state index contributed by atoms with van der Waals surface area (Å²) in [6.45, 7) is 1.93. The number of fused-ring (bicyclic) bond motifs is 1. The molecule has 0 aliphatic carbocycles. The van der Waals surface area contributed by atoms with E-state index in [9.17, 15) is 9.59 Å². The van der Waals surface area contributed by atoms with Gasteiger partial charge >= 0.3 is 0 Å². The van der Waals surface area contributed by atoms with Crippen LogP contribution in [0.1, 0.15) is 5.69 Å². The molecule has 0 unspecified atom stereocenters. The highest BCUT2D eigenvalue weighted by molar-refractivity contribution is 6.00. The van der Waals surface area contributed by atoms with Crippen molar-refractivity contribution < 1.29 is 0 Å². The molecule has 0 amide bonds. The Bertz CT molecular complexity index is 1600. The number of hydrogen-bond donors (Lipinski definition) is 1. The fourth-order valence-electron chi connectivity index (χ4n) is 4.25. The molecule has 0 aliphatic rings. The number of aromatic nitrogens is 5. The van der Waals surface area contributed by atoms with Crippen molar-refractivity contribution in [2.45, 2.75) is 6.92 Å². The summed E-state index contributed by atoms with van der Waals surface area (Å²) < 4.78 is 4.92. The highest BCUT2D eigenvalue weighted by atomic mass is 16.1. The van der Waals surface area contributed by atoms with Crippen molar-refractivity contribution >= 4 is 10.9 Å². The molecule has 0 fully saturated rings. The van der Waals surface area contributed by atoms with Gasteiger partial charge in [-0.15, -0.1) is 0 Å². The molecule has 7 heteroatoms. The van der Waals surface area contributed by atoms with Crippen LogP contribution in [0.3, 0.4) is 0 Å². The van der Waals surface area contributed by atoms with Crippen LogP contribution in [0.15, 0.2) is 70.5 Å². The number of aryl methyl sites for hydroxylation is 4. The Morgan fingerprint density at radius 2 is 1.56 bits per heavy atom. The van der Waals surface area contributed by atoms with Crippen LogP contribution < -0.4 is 11.1 Å². The van der Waals surface area contributed by atoms with Gasteiger partial charge in [0.2, 0.25) is 0 Å². The standard InChI is InChI=1S/C25H23N5O2/c1-15-10-22(30(4)27-15)21-11-18-20(14-29(3)25(32)24(18)26-21)17-12-23(31)28(2)13-19(17)16-8-6-5-7-9-16/h5-14,26H,1-4H3. The predicted molar refractivity (Wildman–Crippen MR) is 127 cm³/mol. The molecule has 0 atom stereocenters. The van der Waals surface area contributed by atoms with Crippen LogP contribution in [0, 0.1) is 6.92 Å². The molecular formula is C25H23N5O2. The largest absolute Gasteiger partial charge is 0.349 e. The van der Waals surface area contributed by atoms with E-state index in [1.807, 2.05) is 62.6 Å². The molecule has 7 nitrogen and oxygen atoms in total. The number of nitrogens with one attached hydrogen (secondary N) is 1. The van der Waals surface area contributed by atoms with Crippen LogP contribution in [0.5, 0.6) is 0 Å². The molecule has 0 aliphatic heterocycles. The number of pyridine rings is 2. The van der Waals surface area contributed by atoms with E-state index in [0.717, 1.165) is 44.7 Å². The van der Waals surface area contributed by atoms with Gasteiger partial charge in [-0.25, -0.2) is 0 Å². The van der Waals surface area contributed by atoms with Crippen LogP contribution in [-0.4, -0.2) is 23.9 Å². The van der Waals surface area contributed by atoms with Crippen molar-refractivity contribution in [1.82, 2.24) is 23.9 Å². The summed E-state index contributed by atoms with van der Waals surface area (Å²) >= 11 is 0. The second-order valence-corrected chi connectivity index (χ2v) is 8.14. The van der Waals surface area contributed by atoms with Crippen LogP contribution in [0.2, 0.25) is 0 Å². The highest BCUT2D eigenvalue weighted by Gasteiger charge is 2.18. The Morgan fingerprint density at radius 1 is 0.844 bits per heavy atom. The third-order valence-electron chi connectivity index (χ3n) is 5.85. The summed E-state index contributed by atoms with van der Waals surface area (Å²) in [7, 11) is 5.35. The van der Waals surface area contributed by atoms with Crippen molar-refractivity contribution in [2.24, 2.45) is 21.1 Å². The fourth-order valence-corrected chi connectivity index (χ4v) is 4.25. The summed E-state index contributed by atoms with van der Waals surface area (Å²) in [5.41, 5.74) is 6.37. The lowest BCUT2D eigenvalue weighted by molar-refractivity contribution is 0.762. The van der Waals surface area contributed by atoms with Crippen molar-refractivity contribution in [2.75, 3.05) is 0 Å². The smallest absolute Gasteiger partial charge is 0.274 e. The van der Waals surface area contributed by atoms with Gasteiger partial charge in [-0.1, -0.05) is 30.3 Å². The van der Waals surface area contributed by atoms with Gasteiger partial charge in [-0.05, 0) is 30.2 Å². The predicted octanol–water partition coefficient (Wildman–Crippen LogP) is 3.61. The first-order valence-electron chi connectivity index (χ1n) is 10.3. The van der Waals surface area contributed by atoms with Crippen LogP contribution in [0.25, 0.3) is 44.5 Å². The molecule has 4 heterocycles. The molecule has 4 aromatic heterocycles. The molecule has 1 aromatic carbocycles. The van der Waals surface area contributed by atoms with E-state index >= 15 is 0 Å². The lowest BCUT2D eigenvalue weighted by Gasteiger charge is -2.14. The summed E-state index contributed by atoms with van der Waals surface area (Å²) in [5.74, 6) is 0. The summed E-state index contributed by atoms with van der Waals surface area (Å²) in [5, 5.41) is 5.19. The highest BCUT2D eigenvalue weighted by Crippen LogP contribution is 2.36. The van der Waals surface area contributed by atoms with Crippen molar-refractivity contribution in [3.63, 3.8) is 0 Å².